The van der Waals surface area contributed by atoms with E-state index in [-0.39, 0.29) is 11.7 Å². The van der Waals surface area contributed by atoms with Crippen molar-refractivity contribution in [3.8, 4) is 0 Å². The van der Waals surface area contributed by atoms with Gasteiger partial charge in [0.1, 0.15) is 0 Å². The van der Waals surface area contributed by atoms with Gasteiger partial charge in [0.05, 0.1) is 17.8 Å². The fourth-order valence-electron chi connectivity index (χ4n) is 0.732. The van der Waals surface area contributed by atoms with E-state index in [1.54, 1.807) is 14.0 Å². The highest BCUT2D eigenvalue weighted by molar-refractivity contribution is 4.67. The highest BCUT2D eigenvalue weighted by Crippen LogP contribution is 2.13. The number of hydrogen-bond donors (Lipinski definition) is 1. The molecule has 0 amide bonds. The second-order valence-electron chi connectivity index (χ2n) is 4.03. The first kappa shape index (κ1) is 12.9. The predicted molar refractivity (Wildman–Crippen MR) is 52.8 cm³/mol. The summed E-state index contributed by atoms with van der Waals surface area (Å²) >= 11 is 0. The van der Waals surface area contributed by atoms with E-state index in [0.717, 1.165) is 6.42 Å². The van der Waals surface area contributed by atoms with E-state index in [0.29, 0.717) is 6.61 Å². The first-order chi connectivity index (χ1) is 5.89. The Bertz CT molecular complexity index is 132. The Morgan fingerprint density at radius 1 is 1.31 bits per heavy atom. The van der Waals surface area contributed by atoms with Crippen molar-refractivity contribution in [3.05, 3.63) is 0 Å². The monoisotopic (exact) mass is 190 g/mol. The van der Waals surface area contributed by atoms with Crippen molar-refractivity contribution in [1.82, 2.24) is 0 Å². The fraction of sp³-hybridized carbons (Fsp3) is 1.00. The smallest absolute Gasteiger partial charge is 0.0803 e. The van der Waals surface area contributed by atoms with E-state index in [1.165, 1.54) is 0 Å². The Labute approximate surface area is 81.0 Å². The van der Waals surface area contributed by atoms with Crippen molar-refractivity contribution in [3.63, 3.8) is 0 Å². The minimum atomic E-state index is -0.411. The minimum absolute atomic E-state index is 0.104. The number of methoxy groups -OCH3 is 1. The van der Waals surface area contributed by atoms with Gasteiger partial charge in [-0.2, -0.15) is 0 Å². The largest absolute Gasteiger partial charge is 0.391 e. The molecule has 3 nitrogen and oxygen atoms in total. The van der Waals surface area contributed by atoms with Crippen LogP contribution in [0.15, 0.2) is 0 Å². The van der Waals surface area contributed by atoms with Gasteiger partial charge in [-0.15, -0.1) is 0 Å². The van der Waals surface area contributed by atoms with Crippen molar-refractivity contribution in [2.75, 3.05) is 13.7 Å². The molecule has 0 aliphatic heterocycles. The normalized spacial score (nSPS) is 17.1. The van der Waals surface area contributed by atoms with Crippen molar-refractivity contribution in [2.45, 2.75) is 51.9 Å². The zero-order chi connectivity index (χ0) is 10.5. The van der Waals surface area contributed by atoms with Crippen LogP contribution >= 0.6 is 0 Å². The van der Waals surface area contributed by atoms with Crippen LogP contribution in [0.3, 0.4) is 0 Å². The van der Waals surface area contributed by atoms with Crippen LogP contribution in [0, 0.1) is 0 Å². The molecule has 0 fully saturated rings. The van der Waals surface area contributed by atoms with E-state index in [1.807, 2.05) is 20.8 Å². The van der Waals surface area contributed by atoms with E-state index in [9.17, 15) is 0 Å². The summed E-state index contributed by atoms with van der Waals surface area (Å²) in [6, 6.07) is 0. The average molecular weight is 190 g/mol. The lowest BCUT2D eigenvalue weighted by molar-refractivity contribution is -0.0524. The molecule has 0 spiro atoms. The molecular weight excluding hydrogens is 168 g/mol. The molecule has 0 aliphatic carbocycles. The molecule has 0 saturated heterocycles. The molecule has 0 aliphatic rings. The van der Waals surface area contributed by atoms with Crippen molar-refractivity contribution in [2.24, 2.45) is 0 Å². The molecule has 1 unspecified atom stereocenters. The second kappa shape index (κ2) is 5.58. The number of rotatable bonds is 6. The highest BCUT2D eigenvalue weighted by atomic mass is 16.5. The maximum atomic E-state index is 9.15. The zero-order valence-electron chi connectivity index (χ0n) is 9.33. The molecule has 0 aromatic rings. The van der Waals surface area contributed by atoms with E-state index < -0.39 is 6.10 Å². The molecule has 0 heterocycles. The lowest BCUT2D eigenvalue weighted by Crippen LogP contribution is -2.28. The zero-order valence-corrected chi connectivity index (χ0v) is 9.33. The maximum Gasteiger partial charge on any atom is 0.0803 e. The number of aliphatic hydroxyl groups excluding tert-OH is 1. The standard InChI is InChI=1S/C10H22O3/c1-8(11)9(2)13-7-6-10(3,4)12-5/h8-9,11H,6-7H2,1-5H3/t8-,9?/m0/s1. The third-order valence-corrected chi connectivity index (χ3v) is 2.32. The summed E-state index contributed by atoms with van der Waals surface area (Å²) in [6.45, 7) is 8.25. The molecule has 2 atom stereocenters. The topological polar surface area (TPSA) is 38.7 Å². The Kier molecular flexibility index (Phi) is 5.53. The summed E-state index contributed by atoms with van der Waals surface area (Å²) in [4.78, 5) is 0. The Morgan fingerprint density at radius 3 is 2.23 bits per heavy atom. The van der Waals surface area contributed by atoms with Gasteiger partial charge in [-0.25, -0.2) is 0 Å². The van der Waals surface area contributed by atoms with E-state index in [2.05, 4.69) is 0 Å². The molecule has 1 N–H and O–H groups in total. The van der Waals surface area contributed by atoms with Gasteiger partial charge in [0, 0.05) is 13.7 Å². The first-order valence-corrected chi connectivity index (χ1v) is 4.74. The van der Waals surface area contributed by atoms with Crippen molar-refractivity contribution in [1.29, 1.82) is 0 Å². The highest BCUT2D eigenvalue weighted by Gasteiger charge is 2.17. The molecule has 0 bridgehead atoms. The van der Waals surface area contributed by atoms with Crippen LogP contribution in [0.25, 0.3) is 0 Å². The summed E-state index contributed by atoms with van der Waals surface area (Å²) in [7, 11) is 1.69. The molecular formula is C10H22O3. The van der Waals surface area contributed by atoms with Gasteiger partial charge in [0.25, 0.3) is 0 Å². The van der Waals surface area contributed by atoms with Crippen LogP contribution in [-0.2, 0) is 9.47 Å². The average Bonchev–Trinajstić information content (AvgIpc) is 2.04. The van der Waals surface area contributed by atoms with Crippen molar-refractivity contribution >= 4 is 0 Å². The molecule has 0 aromatic heterocycles. The van der Waals surface area contributed by atoms with Gasteiger partial charge in [-0.1, -0.05) is 0 Å². The van der Waals surface area contributed by atoms with Gasteiger partial charge in [0.15, 0.2) is 0 Å². The summed E-state index contributed by atoms with van der Waals surface area (Å²) in [5.74, 6) is 0. The fourth-order valence-corrected chi connectivity index (χ4v) is 0.732. The Morgan fingerprint density at radius 2 is 1.85 bits per heavy atom. The molecule has 0 aromatic carbocycles. The van der Waals surface area contributed by atoms with Crippen LogP contribution in [0.1, 0.15) is 34.1 Å². The molecule has 0 radical (unpaired) electrons. The first-order valence-electron chi connectivity index (χ1n) is 4.74. The van der Waals surface area contributed by atoms with Crippen LogP contribution in [0.2, 0.25) is 0 Å². The Balaban J connectivity index is 3.56. The van der Waals surface area contributed by atoms with Gasteiger partial charge < -0.3 is 14.6 Å². The van der Waals surface area contributed by atoms with Crippen LogP contribution in [0.4, 0.5) is 0 Å². The van der Waals surface area contributed by atoms with Crippen LogP contribution in [-0.4, -0.2) is 36.6 Å². The summed E-state index contributed by atoms with van der Waals surface area (Å²) < 4.78 is 10.6. The maximum absolute atomic E-state index is 9.15. The van der Waals surface area contributed by atoms with E-state index >= 15 is 0 Å². The second-order valence-corrected chi connectivity index (χ2v) is 4.03. The number of ether oxygens (including phenoxy) is 2. The lowest BCUT2D eigenvalue weighted by Gasteiger charge is -2.24. The van der Waals surface area contributed by atoms with Gasteiger partial charge >= 0.3 is 0 Å². The van der Waals surface area contributed by atoms with Crippen molar-refractivity contribution < 1.29 is 14.6 Å². The third kappa shape index (κ3) is 6.02. The number of hydrogen-bond acceptors (Lipinski definition) is 3. The Hall–Kier alpha value is -0.120. The number of aliphatic hydroxyl groups is 1. The molecule has 80 valence electrons. The van der Waals surface area contributed by atoms with Gasteiger partial charge in [0.2, 0.25) is 0 Å². The molecule has 0 rings (SSSR count). The van der Waals surface area contributed by atoms with E-state index in [4.69, 9.17) is 14.6 Å². The summed E-state index contributed by atoms with van der Waals surface area (Å²) in [5.41, 5.74) is -0.140. The van der Waals surface area contributed by atoms with Crippen LogP contribution < -0.4 is 0 Å². The van der Waals surface area contributed by atoms with Crippen LogP contribution in [0.5, 0.6) is 0 Å². The summed E-state index contributed by atoms with van der Waals surface area (Å²) in [6.07, 6.45) is 0.318. The summed E-state index contributed by atoms with van der Waals surface area (Å²) in [5, 5.41) is 9.15. The SMILES string of the molecule is COC(C)(C)CCOC(C)[C@H](C)O. The molecule has 3 heteroatoms. The van der Waals surface area contributed by atoms with Gasteiger partial charge in [-0.05, 0) is 34.1 Å². The lowest BCUT2D eigenvalue weighted by atomic mass is 10.1. The molecule has 13 heavy (non-hydrogen) atoms. The third-order valence-electron chi connectivity index (χ3n) is 2.32. The predicted octanol–water partition coefficient (Wildman–Crippen LogP) is 1.59. The quantitative estimate of drug-likeness (QED) is 0.691. The minimum Gasteiger partial charge on any atom is -0.391 e. The molecule has 0 saturated carbocycles. The van der Waals surface area contributed by atoms with Gasteiger partial charge in [-0.3, -0.25) is 0 Å².